The van der Waals surface area contributed by atoms with Gasteiger partial charge in [-0.15, -0.1) is 0 Å². The van der Waals surface area contributed by atoms with Crippen LogP contribution in [0.5, 0.6) is 0 Å². The number of imide groups is 1. The third-order valence-electron chi connectivity index (χ3n) is 10.8. The van der Waals surface area contributed by atoms with Crippen molar-refractivity contribution in [1.82, 2.24) is 25.8 Å². The number of thiocarbonyl (C=S) groups is 1. The number of methoxy groups -OCH3 is 3. The van der Waals surface area contributed by atoms with Crippen LogP contribution in [0.25, 0.3) is 0 Å². The molecular weight excluding hydrogens is 683 g/mol. The Kier molecular flexibility index (Phi) is 18.3. The van der Waals surface area contributed by atoms with E-state index in [0.29, 0.717) is 18.0 Å². The van der Waals surface area contributed by atoms with E-state index in [1.165, 1.54) is 7.11 Å². The zero-order valence-corrected chi connectivity index (χ0v) is 34.3. The van der Waals surface area contributed by atoms with Gasteiger partial charge in [0.1, 0.15) is 6.04 Å². The lowest BCUT2D eigenvalue weighted by Crippen LogP contribution is -2.61. The van der Waals surface area contributed by atoms with Crippen molar-refractivity contribution >= 4 is 40.9 Å². The lowest BCUT2D eigenvalue weighted by Gasteiger charge is -2.43. The van der Waals surface area contributed by atoms with Crippen LogP contribution in [0.2, 0.25) is 0 Å². The molecule has 1 aliphatic rings. The first kappa shape index (κ1) is 45.2. The molecule has 3 N–H and O–H groups in total. The Labute approximate surface area is 317 Å². The first-order valence-electron chi connectivity index (χ1n) is 18.5. The maximum atomic E-state index is 14.2. The number of carbonyl (C=O) groups excluding carboxylic acids is 4. The predicted molar refractivity (Wildman–Crippen MR) is 208 cm³/mol. The molecule has 0 aromatic heterocycles. The summed E-state index contributed by atoms with van der Waals surface area (Å²) in [7, 11) is 8.13. The Balaban J connectivity index is 2.29. The van der Waals surface area contributed by atoms with E-state index < -0.39 is 41.7 Å². The molecule has 1 fully saturated rings. The van der Waals surface area contributed by atoms with Gasteiger partial charge in [0.05, 0.1) is 48.3 Å². The second-order valence-electron chi connectivity index (χ2n) is 15.0. The largest absolute Gasteiger partial charge is 0.467 e. The fourth-order valence-corrected chi connectivity index (χ4v) is 7.56. The molecule has 13 heteroatoms. The van der Waals surface area contributed by atoms with Crippen molar-refractivity contribution in [2.75, 3.05) is 42.0 Å². The molecule has 0 radical (unpaired) electrons. The van der Waals surface area contributed by atoms with E-state index in [0.717, 1.165) is 24.8 Å². The van der Waals surface area contributed by atoms with Gasteiger partial charge in [-0.25, -0.2) is 4.79 Å². The van der Waals surface area contributed by atoms with Crippen LogP contribution in [0, 0.1) is 17.8 Å². The van der Waals surface area contributed by atoms with Crippen LogP contribution in [-0.2, 0) is 39.8 Å². The second kappa shape index (κ2) is 21.1. The van der Waals surface area contributed by atoms with Crippen LogP contribution in [0.3, 0.4) is 0 Å². The summed E-state index contributed by atoms with van der Waals surface area (Å²) in [5.74, 6) is -1.68. The number of carbonyl (C=O) groups is 4. The van der Waals surface area contributed by atoms with Gasteiger partial charge in [-0.3, -0.25) is 24.6 Å². The van der Waals surface area contributed by atoms with E-state index in [2.05, 4.69) is 29.8 Å². The average Bonchev–Trinajstić information content (AvgIpc) is 3.60. The summed E-state index contributed by atoms with van der Waals surface area (Å²) in [6, 6.07) is 7.78. The van der Waals surface area contributed by atoms with E-state index in [4.69, 9.17) is 26.4 Å². The Morgan fingerprint density at radius 1 is 1.04 bits per heavy atom. The molecule has 1 aromatic rings. The van der Waals surface area contributed by atoms with Crippen molar-refractivity contribution in [3.63, 3.8) is 0 Å². The van der Waals surface area contributed by atoms with Gasteiger partial charge < -0.3 is 29.7 Å². The molecular formula is C39H65N5O7S. The number of nitrogens with one attached hydrogen (secondary N) is 3. The highest BCUT2D eigenvalue weighted by atomic mass is 32.1. The first-order valence-corrected chi connectivity index (χ1v) is 18.9. The SMILES string of the molecule is CC[C@H](C)[C@@H]([C@@H](CC(=O)N1CCCC1[C@H](OC)[C@H](C)C(=S)N[C@@H](Cc1ccccc1)C(=O)OC)OC)N(C)[C@H](C(=O)NC(=O)C(C)(C)NC)C(C)C. The fourth-order valence-electron chi connectivity index (χ4n) is 7.28. The number of nitrogens with zero attached hydrogens (tertiary/aromatic N) is 2. The van der Waals surface area contributed by atoms with Gasteiger partial charge in [0.25, 0.3) is 0 Å². The van der Waals surface area contributed by atoms with Crippen LogP contribution in [-0.4, -0.2) is 122 Å². The minimum absolute atomic E-state index is 0.0597. The normalized spacial score (nSPS) is 19.0. The van der Waals surface area contributed by atoms with Gasteiger partial charge in [0, 0.05) is 39.1 Å². The smallest absolute Gasteiger partial charge is 0.328 e. The summed E-state index contributed by atoms with van der Waals surface area (Å²) in [6.45, 7) is 14.0. The Bertz CT molecular complexity index is 1330. The van der Waals surface area contributed by atoms with Gasteiger partial charge in [0.15, 0.2) is 0 Å². The molecule has 1 aromatic carbocycles. The number of hydrogen-bond donors (Lipinski definition) is 3. The Morgan fingerprint density at radius 3 is 2.19 bits per heavy atom. The van der Waals surface area contributed by atoms with Crippen molar-refractivity contribution in [1.29, 1.82) is 0 Å². The number of hydrogen-bond acceptors (Lipinski definition) is 10. The molecule has 1 aliphatic heterocycles. The maximum Gasteiger partial charge on any atom is 0.328 e. The van der Waals surface area contributed by atoms with E-state index in [1.807, 2.05) is 68.0 Å². The van der Waals surface area contributed by atoms with Crippen molar-refractivity contribution in [2.24, 2.45) is 17.8 Å². The third-order valence-corrected chi connectivity index (χ3v) is 11.3. The van der Waals surface area contributed by atoms with Gasteiger partial charge in [-0.1, -0.05) is 83.6 Å². The number of rotatable bonds is 20. The molecule has 0 bridgehead atoms. The van der Waals surface area contributed by atoms with E-state index in [1.54, 1.807) is 35.1 Å². The topological polar surface area (TPSA) is 139 Å². The quantitative estimate of drug-likeness (QED) is 0.133. The zero-order chi connectivity index (χ0) is 39.3. The molecule has 0 spiro atoms. The highest BCUT2D eigenvalue weighted by Crippen LogP contribution is 2.30. The zero-order valence-electron chi connectivity index (χ0n) is 33.5. The monoisotopic (exact) mass is 747 g/mol. The Hall–Kier alpha value is -2.97. The number of ether oxygens (including phenoxy) is 3. The van der Waals surface area contributed by atoms with Gasteiger partial charge >= 0.3 is 5.97 Å². The molecule has 0 aliphatic carbocycles. The minimum atomic E-state index is -0.928. The third kappa shape index (κ3) is 11.8. The summed E-state index contributed by atoms with van der Waals surface area (Å²) in [5.41, 5.74) is 0.0414. The summed E-state index contributed by atoms with van der Waals surface area (Å²) in [5, 5.41) is 8.78. The summed E-state index contributed by atoms with van der Waals surface area (Å²) in [6.07, 6.45) is 1.87. The standard InChI is InChI=1S/C39H65N5O7S/c1-13-25(4)33(43(9)32(24(2)3)35(46)42-38(48)39(6,7)40-8)30(49-10)23-31(45)44-21-17-20-29(44)34(50-11)26(5)36(52)41-28(37(47)51-12)22-27-18-15-14-16-19-27/h14-16,18-19,24-26,28-30,32-34,40H,13,17,20-23H2,1-12H3,(H,41,52)(H,42,46,48)/t25-,26-,28-,29?,30+,32-,33-,34+/m0/s1. The highest BCUT2D eigenvalue weighted by Gasteiger charge is 2.43. The average molecular weight is 748 g/mol. The maximum absolute atomic E-state index is 14.2. The second-order valence-corrected chi connectivity index (χ2v) is 15.4. The molecule has 1 heterocycles. The minimum Gasteiger partial charge on any atom is -0.467 e. The summed E-state index contributed by atoms with van der Waals surface area (Å²) >= 11 is 5.85. The molecule has 52 heavy (non-hydrogen) atoms. The van der Waals surface area contributed by atoms with Crippen LogP contribution >= 0.6 is 12.2 Å². The molecule has 1 unspecified atom stereocenters. The van der Waals surface area contributed by atoms with Crippen LogP contribution < -0.4 is 16.0 Å². The number of benzene rings is 1. The van der Waals surface area contributed by atoms with E-state index in [-0.39, 0.29) is 48.1 Å². The molecule has 3 amide bonds. The Morgan fingerprint density at radius 2 is 1.67 bits per heavy atom. The van der Waals surface area contributed by atoms with Crippen molar-refractivity contribution < 1.29 is 33.4 Å². The number of esters is 1. The van der Waals surface area contributed by atoms with Crippen LogP contribution in [0.4, 0.5) is 0 Å². The number of likely N-dealkylation sites (tertiary alicyclic amines) is 1. The van der Waals surface area contributed by atoms with Crippen molar-refractivity contribution in [3.05, 3.63) is 35.9 Å². The number of amides is 3. The molecule has 2 rings (SSSR count). The molecule has 0 saturated carbocycles. The predicted octanol–water partition coefficient (Wildman–Crippen LogP) is 3.75. The fraction of sp³-hybridized carbons (Fsp3) is 0.718. The van der Waals surface area contributed by atoms with Gasteiger partial charge in [-0.05, 0) is 58.2 Å². The van der Waals surface area contributed by atoms with Crippen LogP contribution in [0.1, 0.15) is 79.7 Å². The summed E-state index contributed by atoms with van der Waals surface area (Å²) in [4.78, 5) is 57.9. The molecule has 8 atom stereocenters. The van der Waals surface area contributed by atoms with E-state index in [9.17, 15) is 19.2 Å². The van der Waals surface area contributed by atoms with Crippen molar-refractivity contribution in [3.8, 4) is 0 Å². The van der Waals surface area contributed by atoms with Gasteiger partial charge in [0.2, 0.25) is 17.7 Å². The number of likely N-dealkylation sites (N-methyl/N-ethyl adjacent to an activating group) is 2. The first-order chi connectivity index (χ1) is 24.5. The van der Waals surface area contributed by atoms with Gasteiger partial charge in [-0.2, -0.15) is 0 Å². The lowest BCUT2D eigenvalue weighted by molar-refractivity contribution is -0.143. The lowest BCUT2D eigenvalue weighted by atomic mass is 9.87. The van der Waals surface area contributed by atoms with E-state index >= 15 is 0 Å². The van der Waals surface area contributed by atoms with Crippen LogP contribution in [0.15, 0.2) is 30.3 Å². The molecule has 294 valence electrons. The van der Waals surface area contributed by atoms with Crippen molar-refractivity contribution in [2.45, 2.75) is 122 Å². The molecule has 1 saturated heterocycles. The highest BCUT2D eigenvalue weighted by molar-refractivity contribution is 7.80. The summed E-state index contributed by atoms with van der Waals surface area (Å²) < 4.78 is 17.2. The molecule has 12 nitrogen and oxygen atoms in total.